The number of aromatic nitrogens is 1. The number of para-hydroxylation sites is 1. The molecule has 0 atom stereocenters. The van der Waals surface area contributed by atoms with Crippen LogP contribution < -0.4 is 15.2 Å². The van der Waals surface area contributed by atoms with Gasteiger partial charge in [0.2, 0.25) is 5.91 Å². The number of carbonyl (C=O) groups excluding carboxylic acids is 3. The van der Waals surface area contributed by atoms with Crippen LogP contribution in [0.5, 0.6) is 5.75 Å². The molecule has 190 valence electrons. The van der Waals surface area contributed by atoms with E-state index in [0.717, 1.165) is 24.3 Å². The van der Waals surface area contributed by atoms with E-state index in [9.17, 15) is 32.3 Å². The molecule has 0 saturated heterocycles. The number of anilines is 1. The number of fused-ring (bicyclic) bond motifs is 1. The van der Waals surface area contributed by atoms with Crippen LogP contribution in [0.3, 0.4) is 0 Å². The lowest BCUT2D eigenvalue weighted by atomic mass is 10.1. The molecule has 10 heteroatoms. The molecule has 0 N–H and O–H groups in total. The summed E-state index contributed by atoms with van der Waals surface area (Å²) in [5, 5.41) is 0.279. The van der Waals surface area contributed by atoms with Crippen LogP contribution in [0.15, 0.2) is 53.3 Å². The van der Waals surface area contributed by atoms with Gasteiger partial charge >= 0.3 is 12.1 Å². The first-order valence-corrected chi connectivity index (χ1v) is 11.1. The first-order valence-electron chi connectivity index (χ1n) is 11.1. The number of alkyl halides is 3. The fraction of sp³-hybridized carbons (Fsp3) is 0.308. The van der Waals surface area contributed by atoms with Crippen molar-refractivity contribution in [1.29, 1.82) is 0 Å². The number of pyridine rings is 1. The fourth-order valence-corrected chi connectivity index (χ4v) is 3.49. The van der Waals surface area contributed by atoms with Crippen LogP contribution in [0.1, 0.15) is 43.6 Å². The molecule has 1 aromatic heterocycles. The minimum atomic E-state index is -4.62. The number of amides is 2. The Kier molecular flexibility index (Phi) is 7.38. The Hall–Kier alpha value is -3.95. The van der Waals surface area contributed by atoms with Crippen molar-refractivity contribution in [3.05, 3.63) is 70.0 Å². The minimum Gasteiger partial charge on any atom is -0.425 e. The Labute approximate surface area is 205 Å². The second-order valence-electron chi connectivity index (χ2n) is 8.84. The molecule has 0 bridgehead atoms. The normalized spacial score (nSPS) is 11.7. The number of hydrogen-bond acceptors (Lipinski definition) is 5. The van der Waals surface area contributed by atoms with E-state index in [0.29, 0.717) is 10.4 Å². The van der Waals surface area contributed by atoms with Crippen molar-refractivity contribution in [3.63, 3.8) is 0 Å². The highest BCUT2D eigenvalue weighted by Crippen LogP contribution is 2.33. The summed E-state index contributed by atoms with van der Waals surface area (Å²) in [6, 6.07) is 9.88. The molecule has 36 heavy (non-hydrogen) atoms. The van der Waals surface area contributed by atoms with E-state index in [1.54, 1.807) is 38.1 Å². The zero-order valence-corrected chi connectivity index (χ0v) is 20.3. The highest BCUT2D eigenvalue weighted by Gasteiger charge is 2.35. The quantitative estimate of drug-likeness (QED) is 0.461. The lowest BCUT2D eigenvalue weighted by Gasteiger charge is -2.25. The van der Waals surface area contributed by atoms with Crippen molar-refractivity contribution in [1.82, 2.24) is 4.57 Å². The number of aryl methyl sites for hydroxylation is 1. The third-order valence-corrected chi connectivity index (χ3v) is 5.51. The molecular weight excluding hydrogens is 477 g/mol. The monoisotopic (exact) mass is 502 g/mol. The van der Waals surface area contributed by atoms with E-state index in [2.05, 4.69) is 0 Å². The molecule has 0 saturated carbocycles. The molecule has 0 spiro atoms. The van der Waals surface area contributed by atoms with Gasteiger partial charge in [-0.3, -0.25) is 19.2 Å². The van der Waals surface area contributed by atoms with Crippen LogP contribution in [0.4, 0.5) is 18.9 Å². The third kappa shape index (κ3) is 5.02. The second-order valence-corrected chi connectivity index (χ2v) is 8.84. The highest BCUT2D eigenvalue weighted by atomic mass is 19.4. The van der Waals surface area contributed by atoms with Crippen molar-refractivity contribution in [3.8, 4) is 5.75 Å². The molecule has 0 aliphatic carbocycles. The maximum Gasteiger partial charge on any atom is 0.416 e. The number of rotatable bonds is 5. The summed E-state index contributed by atoms with van der Waals surface area (Å²) in [5.74, 6) is -4.24. The molecule has 1 heterocycles. The van der Waals surface area contributed by atoms with Gasteiger partial charge in [0.25, 0.3) is 11.5 Å². The number of nitrogens with zero attached hydrogens (tertiary/aromatic N) is 2. The summed E-state index contributed by atoms with van der Waals surface area (Å²) in [4.78, 5) is 53.5. The molecule has 0 unspecified atom stereocenters. The lowest BCUT2D eigenvalue weighted by molar-refractivity contribution is -0.138. The van der Waals surface area contributed by atoms with Crippen molar-refractivity contribution < 1.29 is 32.3 Å². The van der Waals surface area contributed by atoms with Crippen LogP contribution in [0, 0.1) is 11.8 Å². The lowest BCUT2D eigenvalue weighted by Crippen LogP contribution is -2.43. The van der Waals surface area contributed by atoms with Crippen molar-refractivity contribution in [2.75, 3.05) is 4.90 Å². The molecular formula is C26H25F3N2O5. The largest absolute Gasteiger partial charge is 0.425 e. The molecule has 0 aliphatic rings. The Balaban J connectivity index is 2.30. The second kappa shape index (κ2) is 9.96. The molecule has 3 aromatic rings. The van der Waals surface area contributed by atoms with Crippen LogP contribution in [0.2, 0.25) is 0 Å². The zero-order valence-electron chi connectivity index (χ0n) is 20.3. The average molecular weight is 502 g/mol. The summed E-state index contributed by atoms with van der Waals surface area (Å²) in [6.07, 6.45) is -4.62. The summed E-state index contributed by atoms with van der Waals surface area (Å²) >= 11 is 0. The number of imide groups is 1. The molecule has 3 rings (SSSR count). The number of esters is 1. The highest BCUT2D eigenvalue weighted by molar-refractivity contribution is 6.23. The van der Waals surface area contributed by atoms with E-state index in [1.165, 1.54) is 25.5 Å². The van der Waals surface area contributed by atoms with Gasteiger partial charge in [-0.15, -0.1) is 0 Å². The number of hydrogen-bond donors (Lipinski definition) is 0. The number of halogens is 3. The van der Waals surface area contributed by atoms with Gasteiger partial charge in [0.1, 0.15) is 5.56 Å². The molecule has 0 radical (unpaired) electrons. The molecule has 0 fully saturated rings. The number of benzene rings is 2. The predicted molar refractivity (Wildman–Crippen MR) is 128 cm³/mol. The Morgan fingerprint density at radius 1 is 0.917 bits per heavy atom. The van der Waals surface area contributed by atoms with Gasteiger partial charge in [0.15, 0.2) is 5.75 Å². The van der Waals surface area contributed by atoms with Crippen LogP contribution in [0.25, 0.3) is 10.9 Å². The number of ether oxygens (including phenoxy) is 1. The van der Waals surface area contributed by atoms with E-state index in [-0.39, 0.29) is 16.8 Å². The van der Waals surface area contributed by atoms with Gasteiger partial charge in [-0.1, -0.05) is 39.8 Å². The average Bonchev–Trinajstić information content (AvgIpc) is 2.82. The van der Waals surface area contributed by atoms with Gasteiger partial charge < -0.3 is 9.30 Å². The standard InChI is InChI=1S/C26H25F3N2O5/c1-14(2)22(32)31(17-12-10-16(11-13-17)26(27,28)29)24(34)20-21(36-25(35)15(3)4)18-8-6-7-9-19(18)30(5)23(20)33/h6-15H,1-5H3. The maximum atomic E-state index is 13.8. The minimum absolute atomic E-state index is 0.164. The summed E-state index contributed by atoms with van der Waals surface area (Å²) in [7, 11) is 1.42. The number of carbonyl (C=O) groups is 3. The summed E-state index contributed by atoms with van der Waals surface area (Å²) < 4.78 is 45.9. The molecule has 2 aromatic carbocycles. The van der Waals surface area contributed by atoms with E-state index in [1.807, 2.05) is 0 Å². The third-order valence-electron chi connectivity index (χ3n) is 5.51. The Morgan fingerprint density at radius 3 is 2.03 bits per heavy atom. The van der Waals surface area contributed by atoms with Crippen LogP contribution >= 0.6 is 0 Å². The summed E-state index contributed by atoms with van der Waals surface area (Å²) in [5.41, 5.74) is -2.17. The van der Waals surface area contributed by atoms with Gasteiger partial charge in [-0.2, -0.15) is 13.2 Å². The maximum absolute atomic E-state index is 13.8. The Bertz CT molecular complexity index is 1390. The smallest absolute Gasteiger partial charge is 0.416 e. The van der Waals surface area contributed by atoms with E-state index >= 15 is 0 Å². The van der Waals surface area contributed by atoms with Gasteiger partial charge in [0, 0.05) is 18.4 Å². The van der Waals surface area contributed by atoms with Crippen molar-refractivity contribution >= 4 is 34.4 Å². The Morgan fingerprint density at radius 2 is 1.50 bits per heavy atom. The molecule has 0 aliphatic heterocycles. The van der Waals surface area contributed by atoms with E-state index < -0.39 is 52.5 Å². The van der Waals surface area contributed by atoms with Gasteiger partial charge in [0.05, 0.1) is 22.7 Å². The van der Waals surface area contributed by atoms with Crippen molar-refractivity contribution in [2.24, 2.45) is 18.9 Å². The molecule has 2 amide bonds. The molecule has 7 nitrogen and oxygen atoms in total. The van der Waals surface area contributed by atoms with E-state index in [4.69, 9.17) is 4.74 Å². The van der Waals surface area contributed by atoms with Gasteiger partial charge in [-0.25, -0.2) is 4.90 Å². The fourth-order valence-electron chi connectivity index (χ4n) is 3.49. The zero-order chi connectivity index (χ0) is 26.9. The first-order chi connectivity index (χ1) is 16.8. The van der Waals surface area contributed by atoms with Gasteiger partial charge in [-0.05, 0) is 36.4 Å². The van der Waals surface area contributed by atoms with Crippen LogP contribution in [-0.4, -0.2) is 22.4 Å². The SMILES string of the molecule is CC(C)C(=O)Oc1c(C(=O)N(C(=O)C(C)C)c2ccc(C(F)(F)F)cc2)c(=O)n(C)c2ccccc12. The summed E-state index contributed by atoms with van der Waals surface area (Å²) in [6.45, 7) is 6.16. The topological polar surface area (TPSA) is 85.7 Å². The predicted octanol–water partition coefficient (Wildman–Crippen LogP) is 4.95. The van der Waals surface area contributed by atoms with Crippen LogP contribution in [-0.2, 0) is 22.8 Å². The first kappa shape index (κ1) is 26.7. The van der Waals surface area contributed by atoms with Crippen molar-refractivity contribution in [2.45, 2.75) is 33.9 Å².